The molecule has 120 valence electrons. The van der Waals surface area contributed by atoms with Gasteiger partial charge < -0.3 is 10.6 Å². The molecule has 0 spiro atoms. The molecule has 2 N–H and O–H groups in total. The van der Waals surface area contributed by atoms with Gasteiger partial charge in [0.2, 0.25) is 5.91 Å². The van der Waals surface area contributed by atoms with Gasteiger partial charge in [-0.1, -0.05) is 25.8 Å². The van der Waals surface area contributed by atoms with Crippen molar-refractivity contribution in [1.29, 1.82) is 0 Å². The highest BCUT2D eigenvalue weighted by Gasteiger charge is 2.07. The third-order valence-corrected chi connectivity index (χ3v) is 3.35. The summed E-state index contributed by atoms with van der Waals surface area (Å²) >= 11 is 0. The molecule has 0 saturated carbocycles. The molecule has 2 amide bonds. The van der Waals surface area contributed by atoms with Crippen LogP contribution in [-0.4, -0.2) is 16.8 Å². The predicted octanol–water partition coefficient (Wildman–Crippen LogP) is 3.85. The number of carbonyl (C=O) groups is 2. The lowest BCUT2D eigenvalue weighted by molar-refractivity contribution is -0.116. The minimum atomic E-state index is -0.209. The monoisotopic (exact) mass is 311 g/mol. The van der Waals surface area contributed by atoms with Crippen molar-refractivity contribution in [2.75, 3.05) is 10.6 Å². The molecule has 23 heavy (non-hydrogen) atoms. The number of unbranched alkanes of at least 4 members (excludes halogenated alkanes) is 2. The Morgan fingerprint density at radius 2 is 1.70 bits per heavy atom. The zero-order valence-electron chi connectivity index (χ0n) is 13.2. The molecular weight excluding hydrogens is 290 g/mol. The average molecular weight is 311 g/mol. The maximum absolute atomic E-state index is 12.1. The molecule has 0 aliphatic rings. The fourth-order valence-electron chi connectivity index (χ4n) is 2.14. The lowest BCUT2D eigenvalue weighted by Gasteiger charge is -2.09. The third kappa shape index (κ3) is 5.54. The van der Waals surface area contributed by atoms with Gasteiger partial charge in [0, 0.05) is 35.8 Å². The van der Waals surface area contributed by atoms with Gasteiger partial charge in [0.1, 0.15) is 0 Å². The van der Waals surface area contributed by atoms with Crippen molar-refractivity contribution in [3.63, 3.8) is 0 Å². The third-order valence-electron chi connectivity index (χ3n) is 3.35. The second-order valence-electron chi connectivity index (χ2n) is 5.28. The Morgan fingerprint density at radius 3 is 2.39 bits per heavy atom. The van der Waals surface area contributed by atoms with E-state index in [2.05, 4.69) is 22.5 Å². The summed E-state index contributed by atoms with van der Waals surface area (Å²) in [5.41, 5.74) is 1.85. The number of carbonyl (C=O) groups excluding carboxylic acids is 2. The molecule has 0 fully saturated rings. The Bertz CT molecular complexity index is 656. The largest absolute Gasteiger partial charge is 0.326 e. The minimum Gasteiger partial charge on any atom is -0.326 e. The molecule has 1 aromatic carbocycles. The number of benzene rings is 1. The number of hydrogen-bond acceptors (Lipinski definition) is 3. The number of anilines is 2. The number of pyridine rings is 1. The van der Waals surface area contributed by atoms with Gasteiger partial charge in [-0.25, -0.2) is 0 Å². The summed E-state index contributed by atoms with van der Waals surface area (Å²) in [6.07, 6.45) is 6.69. The van der Waals surface area contributed by atoms with E-state index in [1.54, 1.807) is 48.8 Å². The first-order chi connectivity index (χ1) is 11.2. The van der Waals surface area contributed by atoms with E-state index in [9.17, 15) is 9.59 Å². The van der Waals surface area contributed by atoms with Crippen LogP contribution in [0.2, 0.25) is 0 Å². The average Bonchev–Trinajstić information content (AvgIpc) is 2.56. The Labute approximate surface area is 136 Å². The lowest BCUT2D eigenvalue weighted by atomic mass is 10.2. The standard InChI is InChI=1S/C18H21N3O2/c1-2-3-4-8-17(22)20-15-6-5-7-16(13-15)21-18(23)14-9-11-19-12-10-14/h5-7,9-13H,2-4,8H2,1H3,(H,20,22)(H,21,23). The molecule has 0 atom stereocenters. The van der Waals surface area contributed by atoms with Crippen molar-refractivity contribution in [3.8, 4) is 0 Å². The van der Waals surface area contributed by atoms with E-state index in [4.69, 9.17) is 0 Å². The van der Waals surface area contributed by atoms with Crippen molar-refractivity contribution in [2.24, 2.45) is 0 Å². The van der Waals surface area contributed by atoms with Crippen LogP contribution in [0, 0.1) is 0 Å². The van der Waals surface area contributed by atoms with Crippen molar-refractivity contribution >= 4 is 23.2 Å². The van der Waals surface area contributed by atoms with Crippen molar-refractivity contribution < 1.29 is 9.59 Å². The van der Waals surface area contributed by atoms with E-state index in [-0.39, 0.29) is 11.8 Å². The van der Waals surface area contributed by atoms with E-state index in [0.29, 0.717) is 23.4 Å². The molecular formula is C18H21N3O2. The second-order valence-corrected chi connectivity index (χ2v) is 5.28. The number of amides is 2. The highest BCUT2D eigenvalue weighted by molar-refractivity contribution is 6.04. The van der Waals surface area contributed by atoms with Crippen molar-refractivity contribution in [2.45, 2.75) is 32.6 Å². The summed E-state index contributed by atoms with van der Waals surface area (Å²) in [7, 11) is 0. The summed E-state index contributed by atoms with van der Waals surface area (Å²) in [6.45, 7) is 2.10. The van der Waals surface area contributed by atoms with Crippen LogP contribution in [0.3, 0.4) is 0 Å². The Hall–Kier alpha value is -2.69. The maximum atomic E-state index is 12.1. The Kier molecular flexibility index (Phi) is 6.29. The SMILES string of the molecule is CCCCCC(=O)Nc1cccc(NC(=O)c2ccncc2)c1. The van der Waals surface area contributed by atoms with Gasteiger partial charge in [-0.15, -0.1) is 0 Å². The van der Waals surface area contributed by atoms with E-state index >= 15 is 0 Å². The summed E-state index contributed by atoms with van der Waals surface area (Å²) in [5, 5.41) is 5.66. The van der Waals surface area contributed by atoms with Crippen LogP contribution in [-0.2, 0) is 4.79 Å². The Balaban J connectivity index is 1.94. The molecule has 0 radical (unpaired) electrons. The van der Waals surface area contributed by atoms with Gasteiger partial charge in [-0.05, 0) is 36.8 Å². The van der Waals surface area contributed by atoms with Gasteiger partial charge in [0.25, 0.3) is 5.91 Å². The second kappa shape index (κ2) is 8.68. The van der Waals surface area contributed by atoms with Crippen LogP contribution in [0.5, 0.6) is 0 Å². The summed E-state index contributed by atoms with van der Waals surface area (Å²) < 4.78 is 0. The van der Waals surface area contributed by atoms with E-state index in [0.717, 1.165) is 19.3 Å². The molecule has 1 heterocycles. The zero-order valence-corrected chi connectivity index (χ0v) is 13.2. The number of hydrogen-bond donors (Lipinski definition) is 2. The number of nitrogens with one attached hydrogen (secondary N) is 2. The first kappa shape index (κ1) is 16.7. The smallest absolute Gasteiger partial charge is 0.255 e. The minimum absolute atomic E-state index is 0.00365. The van der Waals surface area contributed by atoms with Crippen molar-refractivity contribution in [3.05, 3.63) is 54.4 Å². The molecule has 1 aromatic heterocycles. The fraction of sp³-hybridized carbons (Fsp3) is 0.278. The molecule has 0 aliphatic heterocycles. The van der Waals surface area contributed by atoms with Crippen molar-refractivity contribution in [1.82, 2.24) is 4.98 Å². The summed E-state index contributed by atoms with van der Waals surface area (Å²) in [6, 6.07) is 10.4. The first-order valence-corrected chi connectivity index (χ1v) is 7.80. The summed E-state index contributed by atoms with van der Waals surface area (Å²) in [5.74, 6) is -0.213. The summed E-state index contributed by atoms with van der Waals surface area (Å²) in [4.78, 5) is 27.8. The molecule has 0 saturated heterocycles. The topological polar surface area (TPSA) is 71.1 Å². The number of nitrogens with zero attached hydrogens (tertiary/aromatic N) is 1. The quantitative estimate of drug-likeness (QED) is 0.763. The normalized spacial score (nSPS) is 10.1. The molecule has 5 nitrogen and oxygen atoms in total. The van der Waals surface area contributed by atoms with E-state index < -0.39 is 0 Å². The number of rotatable bonds is 7. The molecule has 0 bridgehead atoms. The van der Waals surface area contributed by atoms with Crippen LogP contribution in [0.1, 0.15) is 43.0 Å². The Morgan fingerprint density at radius 1 is 1.00 bits per heavy atom. The van der Waals surface area contributed by atoms with Gasteiger partial charge in [0.15, 0.2) is 0 Å². The van der Waals surface area contributed by atoms with E-state index in [1.807, 2.05) is 0 Å². The van der Waals surface area contributed by atoms with Crippen LogP contribution in [0.25, 0.3) is 0 Å². The lowest BCUT2D eigenvalue weighted by Crippen LogP contribution is -2.13. The predicted molar refractivity (Wildman–Crippen MR) is 91.4 cm³/mol. The van der Waals surface area contributed by atoms with E-state index in [1.165, 1.54) is 0 Å². The van der Waals surface area contributed by atoms with Gasteiger partial charge in [-0.2, -0.15) is 0 Å². The maximum Gasteiger partial charge on any atom is 0.255 e. The van der Waals surface area contributed by atoms with Crippen LogP contribution >= 0.6 is 0 Å². The van der Waals surface area contributed by atoms with Crippen LogP contribution in [0.4, 0.5) is 11.4 Å². The number of aromatic nitrogens is 1. The molecule has 0 aliphatic carbocycles. The van der Waals surface area contributed by atoms with Gasteiger partial charge in [0.05, 0.1) is 0 Å². The molecule has 0 unspecified atom stereocenters. The molecule has 5 heteroatoms. The highest BCUT2D eigenvalue weighted by Crippen LogP contribution is 2.16. The fourth-order valence-corrected chi connectivity index (χ4v) is 2.14. The molecule has 2 rings (SSSR count). The molecule has 2 aromatic rings. The zero-order chi connectivity index (χ0) is 16.5. The van der Waals surface area contributed by atoms with Gasteiger partial charge >= 0.3 is 0 Å². The van der Waals surface area contributed by atoms with Gasteiger partial charge in [-0.3, -0.25) is 14.6 Å². The van der Waals surface area contributed by atoms with Crippen LogP contribution < -0.4 is 10.6 Å². The van der Waals surface area contributed by atoms with Crippen LogP contribution in [0.15, 0.2) is 48.8 Å². The highest BCUT2D eigenvalue weighted by atomic mass is 16.2. The first-order valence-electron chi connectivity index (χ1n) is 7.80.